The lowest BCUT2D eigenvalue weighted by molar-refractivity contribution is -0.120. The van der Waals surface area contributed by atoms with Gasteiger partial charge >= 0.3 is 0 Å². The van der Waals surface area contributed by atoms with E-state index in [9.17, 15) is 4.79 Å². The van der Waals surface area contributed by atoms with Crippen molar-refractivity contribution in [2.24, 2.45) is 5.92 Å². The maximum absolute atomic E-state index is 12.7. The van der Waals surface area contributed by atoms with Crippen molar-refractivity contribution in [1.29, 1.82) is 0 Å². The lowest BCUT2D eigenvalue weighted by Crippen LogP contribution is -2.38. The first-order valence-electron chi connectivity index (χ1n) is 9.95. The van der Waals surface area contributed by atoms with E-state index in [2.05, 4.69) is 67.3 Å². The number of amides is 1. The first-order chi connectivity index (χ1) is 14.6. The molecule has 0 radical (unpaired) electrons. The molecule has 3 aromatic rings. The molecule has 2 aromatic carbocycles. The van der Waals surface area contributed by atoms with Gasteiger partial charge in [-0.25, -0.2) is 9.97 Å². The third kappa shape index (κ3) is 5.21. The van der Waals surface area contributed by atoms with Crippen LogP contribution in [-0.2, 0) is 4.79 Å². The first kappa shape index (κ1) is 20.9. The Labute approximate surface area is 189 Å². The fourth-order valence-electron chi connectivity index (χ4n) is 3.46. The maximum Gasteiger partial charge on any atom is 0.227 e. The fourth-order valence-corrected chi connectivity index (χ4v) is 4.60. The zero-order valence-electron chi connectivity index (χ0n) is 16.7. The van der Waals surface area contributed by atoms with Gasteiger partial charge in [-0.05, 0) is 56.2 Å². The number of benzene rings is 2. The molecule has 30 heavy (non-hydrogen) atoms. The second kappa shape index (κ2) is 9.62. The number of aromatic nitrogens is 2. The average molecular weight is 483 g/mol. The van der Waals surface area contributed by atoms with Crippen LogP contribution in [-0.4, -0.2) is 29.0 Å². The number of aryl methyl sites for hydroxylation is 1. The zero-order valence-corrected chi connectivity index (χ0v) is 19.1. The number of hydrogen-bond donors (Lipinski definition) is 1. The highest BCUT2D eigenvalue weighted by atomic mass is 79.9. The number of nitrogens with zero attached hydrogens (tertiary/aromatic N) is 3. The molecule has 0 saturated carbocycles. The van der Waals surface area contributed by atoms with Gasteiger partial charge in [0.2, 0.25) is 5.91 Å². The Kier molecular flexibility index (Phi) is 6.69. The largest absolute Gasteiger partial charge is 0.354 e. The summed E-state index contributed by atoms with van der Waals surface area (Å²) in [7, 11) is 0. The van der Waals surface area contributed by atoms with Gasteiger partial charge in [-0.15, -0.1) is 0 Å². The monoisotopic (exact) mass is 482 g/mol. The Balaban J connectivity index is 1.38. The number of carbonyl (C=O) groups excluding carboxylic acids is 1. The van der Waals surface area contributed by atoms with Gasteiger partial charge in [0, 0.05) is 46.5 Å². The standard InChI is InChI=1S/C23H23BrN4OS/c1-16-2-8-20(9-3-16)30-23-21(25-12-13-26-23)28-14-10-17(11-15-28)22(29)27-19-6-4-18(24)5-7-19/h2-9,12-13,17H,10-11,14-15H2,1H3,(H,27,29). The van der Waals surface area contributed by atoms with E-state index in [0.29, 0.717) is 0 Å². The van der Waals surface area contributed by atoms with Crippen molar-refractivity contribution in [3.8, 4) is 0 Å². The van der Waals surface area contributed by atoms with Crippen molar-refractivity contribution < 1.29 is 4.79 Å². The average Bonchev–Trinajstić information content (AvgIpc) is 2.77. The minimum atomic E-state index is 0.00905. The van der Waals surface area contributed by atoms with Crippen LogP contribution in [0.15, 0.2) is 75.3 Å². The van der Waals surface area contributed by atoms with E-state index < -0.39 is 0 Å². The first-order valence-corrected chi connectivity index (χ1v) is 11.6. The van der Waals surface area contributed by atoms with Crippen LogP contribution in [0.2, 0.25) is 0 Å². The van der Waals surface area contributed by atoms with Crippen LogP contribution in [0.3, 0.4) is 0 Å². The summed E-state index contributed by atoms with van der Waals surface area (Å²) in [6, 6.07) is 16.1. The van der Waals surface area contributed by atoms with E-state index in [1.807, 2.05) is 24.3 Å². The quantitative estimate of drug-likeness (QED) is 0.516. The van der Waals surface area contributed by atoms with Gasteiger partial charge in [-0.3, -0.25) is 4.79 Å². The molecule has 154 valence electrons. The number of carbonyl (C=O) groups is 1. The second-order valence-corrected chi connectivity index (χ2v) is 9.34. The Morgan fingerprint density at radius 3 is 2.40 bits per heavy atom. The van der Waals surface area contributed by atoms with Crippen LogP contribution in [0.25, 0.3) is 0 Å². The van der Waals surface area contributed by atoms with Gasteiger partial charge in [0.15, 0.2) is 5.82 Å². The van der Waals surface area contributed by atoms with Crippen LogP contribution in [0, 0.1) is 12.8 Å². The molecule has 1 aromatic heterocycles. The van der Waals surface area contributed by atoms with Gasteiger partial charge in [-0.2, -0.15) is 0 Å². The SMILES string of the molecule is Cc1ccc(Sc2nccnc2N2CCC(C(=O)Nc3ccc(Br)cc3)CC2)cc1. The highest BCUT2D eigenvalue weighted by molar-refractivity contribution is 9.10. The van der Waals surface area contributed by atoms with E-state index >= 15 is 0 Å². The van der Waals surface area contributed by atoms with Crippen molar-refractivity contribution in [3.63, 3.8) is 0 Å². The molecule has 2 heterocycles. The summed E-state index contributed by atoms with van der Waals surface area (Å²) in [5.74, 6) is 0.995. The summed E-state index contributed by atoms with van der Waals surface area (Å²) >= 11 is 5.04. The Bertz CT molecular complexity index is 1000. The van der Waals surface area contributed by atoms with Crippen molar-refractivity contribution in [2.75, 3.05) is 23.3 Å². The minimum absolute atomic E-state index is 0.00905. The molecule has 1 aliphatic heterocycles. The molecule has 1 saturated heterocycles. The van der Waals surface area contributed by atoms with Crippen LogP contribution < -0.4 is 10.2 Å². The predicted molar refractivity (Wildman–Crippen MR) is 125 cm³/mol. The van der Waals surface area contributed by atoms with E-state index in [1.165, 1.54) is 5.56 Å². The molecule has 4 rings (SSSR count). The van der Waals surface area contributed by atoms with Crippen molar-refractivity contribution in [1.82, 2.24) is 9.97 Å². The molecule has 1 amide bonds. The maximum atomic E-state index is 12.7. The van der Waals surface area contributed by atoms with Gasteiger partial charge in [0.25, 0.3) is 0 Å². The van der Waals surface area contributed by atoms with E-state index in [1.54, 1.807) is 24.2 Å². The highest BCUT2D eigenvalue weighted by Gasteiger charge is 2.27. The summed E-state index contributed by atoms with van der Waals surface area (Å²) in [6.45, 7) is 3.66. The zero-order chi connectivity index (χ0) is 20.9. The molecule has 0 unspecified atom stereocenters. The number of rotatable bonds is 5. The number of anilines is 2. The molecule has 1 N–H and O–H groups in total. The third-order valence-corrected chi connectivity index (χ3v) is 6.68. The molecule has 0 bridgehead atoms. The summed E-state index contributed by atoms with van der Waals surface area (Å²) < 4.78 is 0.997. The number of piperidine rings is 1. The minimum Gasteiger partial charge on any atom is -0.354 e. The van der Waals surface area contributed by atoms with E-state index in [-0.39, 0.29) is 11.8 Å². The summed E-state index contributed by atoms with van der Waals surface area (Å²) in [6.07, 6.45) is 5.07. The Morgan fingerprint density at radius 2 is 1.70 bits per heavy atom. The third-order valence-electron chi connectivity index (χ3n) is 5.16. The topological polar surface area (TPSA) is 58.1 Å². The molecule has 1 aliphatic rings. The van der Waals surface area contributed by atoms with Gasteiger partial charge in [0.05, 0.1) is 0 Å². The molecule has 0 aliphatic carbocycles. The van der Waals surface area contributed by atoms with Gasteiger partial charge < -0.3 is 10.2 Å². The van der Waals surface area contributed by atoms with Crippen LogP contribution >= 0.6 is 27.7 Å². The number of nitrogens with one attached hydrogen (secondary N) is 1. The molecular formula is C23H23BrN4OS. The van der Waals surface area contributed by atoms with E-state index in [0.717, 1.165) is 51.8 Å². The smallest absolute Gasteiger partial charge is 0.227 e. The molecule has 7 heteroatoms. The predicted octanol–water partition coefficient (Wildman–Crippen LogP) is 5.55. The van der Waals surface area contributed by atoms with E-state index in [4.69, 9.17) is 0 Å². The summed E-state index contributed by atoms with van der Waals surface area (Å²) in [5.41, 5.74) is 2.07. The summed E-state index contributed by atoms with van der Waals surface area (Å²) in [5, 5.41) is 3.93. The van der Waals surface area contributed by atoms with Crippen molar-refractivity contribution in [2.45, 2.75) is 29.7 Å². The number of halogens is 1. The van der Waals surface area contributed by atoms with Gasteiger partial charge in [-0.1, -0.05) is 45.4 Å². The summed E-state index contributed by atoms with van der Waals surface area (Å²) in [4.78, 5) is 25.2. The van der Waals surface area contributed by atoms with Crippen LogP contribution in [0.5, 0.6) is 0 Å². The molecule has 5 nitrogen and oxygen atoms in total. The normalized spacial score (nSPS) is 14.5. The van der Waals surface area contributed by atoms with Crippen molar-refractivity contribution in [3.05, 3.63) is 71.0 Å². The van der Waals surface area contributed by atoms with Gasteiger partial charge in [0.1, 0.15) is 5.03 Å². The Morgan fingerprint density at radius 1 is 1.03 bits per heavy atom. The fraction of sp³-hybridized carbons (Fsp3) is 0.261. The second-order valence-electron chi connectivity index (χ2n) is 7.36. The molecule has 0 spiro atoms. The van der Waals surface area contributed by atoms with Crippen LogP contribution in [0.4, 0.5) is 11.5 Å². The molecular weight excluding hydrogens is 460 g/mol. The lowest BCUT2D eigenvalue weighted by Gasteiger charge is -2.32. The molecule has 1 fully saturated rings. The lowest BCUT2D eigenvalue weighted by atomic mass is 9.96. The van der Waals surface area contributed by atoms with Crippen LogP contribution in [0.1, 0.15) is 18.4 Å². The molecule has 0 atom stereocenters. The van der Waals surface area contributed by atoms with Crippen molar-refractivity contribution >= 4 is 45.1 Å². The Hall–Kier alpha value is -2.38. The highest BCUT2D eigenvalue weighted by Crippen LogP contribution is 2.34. The number of hydrogen-bond acceptors (Lipinski definition) is 5.